The van der Waals surface area contributed by atoms with E-state index in [0.717, 1.165) is 11.4 Å². The Bertz CT molecular complexity index is 1470. The van der Waals surface area contributed by atoms with Crippen LogP contribution in [0.3, 0.4) is 0 Å². The van der Waals surface area contributed by atoms with E-state index >= 15 is 0 Å². The number of hydrogen-bond acceptors (Lipinski definition) is 6. The van der Waals surface area contributed by atoms with Gasteiger partial charge >= 0.3 is 0 Å². The number of rotatable bonds is 7. The molecule has 1 fully saturated rings. The molecule has 1 saturated heterocycles. The fourth-order valence-electron chi connectivity index (χ4n) is 4.29. The first-order valence-corrected chi connectivity index (χ1v) is 13.1. The molecule has 0 saturated carbocycles. The number of pyridine rings is 2. The largest absolute Gasteiger partial charge is 0.353 e. The van der Waals surface area contributed by atoms with Crippen molar-refractivity contribution < 1.29 is 8.42 Å². The van der Waals surface area contributed by atoms with Gasteiger partial charge in [0, 0.05) is 49.3 Å². The summed E-state index contributed by atoms with van der Waals surface area (Å²) in [5, 5.41) is 3.79. The monoisotopic (exact) mass is 491 g/mol. The van der Waals surface area contributed by atoms with E-state index in [2.05, 4.69) is 18.5 Å². The first-order chi connectivity index (χ1) is 16.7. The standard InChI is InChI=1S/C26H29N5O3S/c1-5-10-20(6-2)28-24-18-23(32)25-22(31(24)21-11-8-7-9-12-21)17-19(3)27-26(25)29-13-15-30(16-14-29)35(4,33)34/h5-12,17-18,28H,1-2,13-16H2,3-4H3/b20-10+. The van der Waals surface area contributed by atoms with E-state index in [9.17, 15) is 13.2 Å². The van der Waals surface area contributed by atoms with Crippen molar-refractivity contribution in [3.05, 3.63) is 95.5 Å². The van der Waals surface area contributed by atoms with Crippen molar-refractivity contribution in [2.75, 3.05) is 42.7 Å². The number of nitrogens with one attached hydrogen (secondary N) is 1. The van der Waals surface area contributed by atoms with Crippen LogP contribution in [0.25, 0.3) is 16.6 Å². The van der Waals surface area contributed by atoms with Crippen LogP contribution in [0.5, 0.6) is 0 Å². The lowest BCUT2D eigenvalue weighted by Gasteiger charge is -2.34. The van der Waals surface area contributed by atoms with Gasteiger partial charge in [-0.25, -0.2) is 13.4 Å². The number of nitrogens with zero attached hydrogens (tertiary/aromatic N) is 4. The normalized spacial score (nSPS) is 15.3. The highest BCUT2D eigenvalue weighted by molar-refractivity contribution is 7.88. The highest BCUT2D eigenvalue weighted by atomic mass is 32.2. The predicted molar refractivity (Wildman–Crippen MR) is 143 cm³/mol. The molecule has 1 aliphatic rings. The Kier molecular flexibility index (Phi) is 6.90. The fourth-order valence-corrected chi connectivity index (χ4v) is 5.11. The summed E-state index contributed by atoms with van der Waals surface area (Å²) < 4.78 is 27.4. The number of para-hydroxylation sites is 1. The molecule has 0 amide bonds. The lowest BCUT2D eigenvalue weighted by atomic mass is 10.1. The third-order valence-electron chi connectivity index (χ3n) is 5.91. The van der Waals surface area contributed by atoms with Gasteiger partial charge in [-0.2, -0.15) is 4.31 Å². The van der Waals surface area contributed by atoms with Crippen LogP contribution in [0.15, 0.2) is 84.3 Å². The lowest BCUT2D eigenvalue weighted by Crippen LogP contribution is -2.48. The number of fused-ring (bicyclic) bond motifs is 1. The highest BCUT2D eigenvalue weighted by Crippen LogP contribution is 2.30. The zero-order valence-electron chi connectivity index (χ0n) is 19.9. The second-order valence-electron chi connectivity index (χ2n) is 8.38. The molecule has 0 aliphatic carbocycles. The van der Waals surface area contributed by atoms with Gasteiger partial charge in [-0.3, -0.25) is 9.36 Å². The van der Waals surface area contributed by atoms with E-state index in [4.69, 9.17) is 4.98 Å². The molecule has 0 atom stereocenters. The second-order valence-corrected chi connectivity index (χ2v) is 10.4. The van der Waals surface area contributed by atoms with Crippen molar-refractivity contribution in [1.29, 1.82) is 0 Å². The number of allylic oxidation sites excluding steroid dienone is 3. The molecule has 2 aromatic heterocycles. The molecule has 8 nitrogen and oxygen atoms in total. The summed E-state index contributed by atoms with van der Waals surface area (Å²) in [7, 11) is -3.27. The summed E-state index contributed by atoms with van der Waals surface area (Å²) in [6.07, 6.45) is 6.31. The van der Waals surface area contributed by atoms with E-state index in [-0.39, 0.29) is 5.43 Å². The highest BCUT2D eigenvalue weighted by Gasteiger charge is 2.26. The summed E-state index contributed by atoms with van der Waals surface area (Å²) in [5.74, 6) is 1.15. The molecule has 0 spiro atoms. The molecular weight excluding hydrogens is 462 g/mol. The molecular formula is C26H29N5O3S. The van der Waals surface area contributed by atoms with Gasteiger partial charge in [0.05, 0.1) is 17.2 Å². The molecule has 1 aliphatic heterocycles. The molecule has 0 radical (unpaired) electrons. The van der Waals surface area contributed by atoms with Gasteiger partial charge < -0.3 is 10.2 Å². The SMILES string of the molecule is C=C/C=C(\C=C)Nc1cc(=O)c2c(N3CCN(S(C)(=O)=O)CC3)nc(C)cc2n1-c1ccccc1. The van der Waals surface area contributed by atoms with Crippen LogP contribution in [0.2, 0.25) is 0 Å². The first kappa shape index (κ1) is 24.4. The maximum absolute atomic E-state index is 13.5. The van der Waals surface area contributed by atoms with E-state index in [1.54, 1.807) is 24.3 Å². The van der Waals surface area contributed by atoms with Gasteiger partial charge in [-0.15, -0.1) is 0 Å². The van der Waals surface area contributed by atoms with Gasteiger partial charge in [0.25, 0.3) is 0 Å². The van der Waals surface area contributed by atoms with Crippen LogP contribution in [0, 0.1) is 6.92 Å². The lowest BCUT2D eigenvalue weighted by molar-refractivity contribution is 0.387. The number of hydrogen-bond donors (Lipinski definition) is 1. The summed E-state index contributed by atoms with van der Waals surface area (Å²) >= 11 is 0. The summed E-state index contributed by atoms with van der Waals surface area (Å²) in [6, 6.07) is 13.2. The zero-order valence-corrected chi connectivity index (χ0v) is 20.8. The Morgan fingerprint density at radius 1 is 1.09 bits per heavy atom. The third kappa shape index (κ3) is 5.06. The van der Waals surface area contributed by atoms with Crippen LogP contribution in [0.1, 0.15) is 5.69 Å². The smallest absolute Gasteiger partial charge is 0.211 e. The molecule has 35 heavy (non-hydrogen) atoms. The second kappa shape index (κ2) is 9.89. The van der Waals surface area contributed by atoms with Crippen LogP contribution >= 0.6 is 0 Å². The third-order valence-corrected chi connectivity index (χ3v) is 7.22. The minimum Gasteiger partial charge on any atom is -0.353 e. The Hall–Kier alpha value is -3.69. The van der Waals surface area contributed by atoms with Crippen molar-refractivity contribution >= 4 is 32.6 Å². The van der Waals surface area contributed by atoms with E-state index in [1.807, 2.05) is 52.8 Å². The van der Waals surface area contributed by atoms with Crippen molar-refractivity contribution in [2.45, 2.75) is 6.92 Å². The van der Waals surface area contributed by atoms with Crippen LogP contribution < -0.4 is 15.6 Å². The average Bonchev–Trinajstić information content (AvgIpc) is 2.83. The minimum atomic E-state index is -3.27. The topological polar surface area (TPSA) is 87.5 Å². The van der Waals surface area contributed by atoms with Gasteiger partial charge in [0.2, 0.25) is 10.0 Å². The molecule has 3 heterocycles. The van der Waals surface area contributed by atoms with E-state index in [1.165, 1.54) is 10.6 Å². The molecule has 1 aromatic carbocycles. The maximum atomic E-state index is 13.5. The number of sulfonamides is 1. The van der Waals surface area contributed by atoms with Crippen molar-refractivity contribution in [3.8, 4) is 5.69 Å². The van der Waals surface area contributed by atoms with Crippen LogP contribution in [-0.4, -0.2) is 54.7 Å². The minimum absolute atomic E-state index is 0.176. The predicted octanol–water partition coefficient (Wildman–Crippen LogP) is 3.44. The van der Waals surface area contributed by atoms with Gasteiger partial charge in [0.1, 0.15) is 11.6 Å². The number of aromatic nitrogens is 2. The molecule has 182 valence electrons. The molecule has 0 bridgehead atoms. The fraction of sp³-hybridized carbons (Fsp3) is 0.231. The van der Waals surface area contributed by atoms with Crippen LogP contribution in [-0.2, 0) is 10.0 Å². The maximum Gasteiger partial charge on any atom is 0.211 e. The number of aryl methyl sites for hydroxylation is 1. The zero-order chi connectivity index (χ0) is 25.2. The average molecular weight is 492 g/mol. The molecule has 0 unspecified atom stereocenters. The van der Waals surface area contributed by atoms with E-state index < -0.39 is 10.0 Å². The van der Waals surface area contributed by atoms with Gasteiger partial charge in [-0.05, 0) is 37.3 Å². The Morgan fingerprint density at radius 3 is 2.37 bits per heavy atom. The van der Waals surface area contributed by atoms with Gasteiger partial charge in [0.15, 0.2) is 5.43 Å². The summed E-state index contributed by atoms with van der Waals surface area (Å²) in [5.41, 5.74) is 2.86. The molecule has 9 heteroatoms. The Balaban J connectivity index is 1.93. The quantitative estimate of drug-likeness (QED) is 0.510. The summed E-state index contributed by atoms with van der Waals surface area (Å²) in [6.45, 7) is 11.1. The van der Waals surface area contributed by atoms with Crippen molar-refractivity contribution in [2.24, 2.45) is 0 Å². The van der Waals surface area contributed by atoms with E-state index in [0.29, 0.717) is 54.4 Å². The number of benzene rings is 1. The Labute approximate surface area is 205 Å². The first-order valence-electron chi connectivity index (χ1n) is 11.3. The summed E-state index contributed by atoms with van der Waals surface area (Å²) in [4.78, 5) is 20.2. The molecule has 4 rings (SSSR count). The molecule has 3 aromatic rings. The van der Waals surface area contributed by atoms with Crippen LogP contribution in [0.4, 0.5) is 11.6 Å². The van der Waals surface area contributed by atoms with Crippen molar-refractivity contribution in [1.82, 2.24) is 13.9 Å². The van der Waals surface area contributed by atoms with Crippen molar-refractivity contribution in [3.63, 3.8) is 0 Å². The van der Waals surface area contributed by atoms with Gasteiger partial charge in [-0.1, -0.05) is 37.4 Å². The number of piperazine rings is 1. The molecule has 1 N–H and O–H groups in total. The Morgan fingerprint density at radius 2 is 1.77 bits per heavy atom. The number of anilines is 2.